The normalized spacial score (nSPS) is 11.1. The Kier molecular flexibility index (Phi) is 4.71. The molecule has 9 nitrogen and oxygen atoms in total. The van der Waals surface area contributed by atoms with Crippen LogP contribution in [0.2, 0.25) is 0 Å². The lowest BCUT2D eigenvalue weighted by Gasteiger charge is -2.11. The SMILES string of the molecule is Cc1nc2ncnn2c(C)c1CCC(=O)NNC(=O)c1cn(C)c2ccccc12. The summed E-state index contributed by atoms with van der Waals surface area (Å²) in [5.74, 6) is -0.0974. The van der Waals surface area contributed by atoms with Crippen LogP contribution >= 0.6 is 0 Å². The Balaban J connectivity index is 1.40. The molecule has 3 heterocycles. The van der Waals surface area contributed by atoms with E-state index in [2.05, 4.69) is 25.9 Å². The summed E-state index contributed by atoms with van der Waals surface area (Å²) in [5.41, 5.74) is 9.11. The van der Waals surface area contributed by atoms with Crippen molar-refractivity contribution in [2.24, 2.45) is 7.05 Å². The van der Waals surface area contributed by atoms with E-state index < -0.39 is 0 Å². The van der Waals surface area contributed by atoms with Crippen LogP contribution in [0.25, 0.3) is 16.7 Å². The molecule has 0 saturated heterocycles. The summed E-state index contributed by atoms with van der Waals surface area (Å²) in [6.07, 6.45) is 3.89. The highest BCUT2D eigenvalue weighted by atomic mass is 16.2. The second-order valence-electron chi connectivity index (χ2n) is 6.91. The molecule has 0 bridgehead atoms. The van der Waals surface area contributed by atoms with Crippen molar-refractivity contribution in [1.29, 1.82) is 0 Å². The van der Waals surface area contributed by atoms with Gasteiger partial charge < -0.3 is 4.57 Å². The van der Waals surface area contributed by atoms with E-state index in [1.54, 1.807) is 10.7 Å². The van der Waals surface area contributed by atoms with Gasteiger partial charge in [-0.05, 0) is 31.9 Å². The van der Waals surface area contributed by atoms with Crippen molar-refractivity contribution < 1.29 is 9.59 Å². The molecule has 2 N–H and O–H groups in total. The Morgan fingerprint density at radius 1 is 1.14 bits per heavy atom. The van der Waals surface area contributed by atoms with Crippen molar-refractivity contribution >= 4 is 28.5 Å². The summed E-state index contributed by atoms with van der Waals surface area (Å²) in [5, 5.41) is 4.98. The van der Waals surface area contributed by atoms with Gasteiger partial charge in [0.1, 0.15) is 6.33 Å². The molecule has 0 aliphatic carbocycles. The molecule has 0 saturated carbocycles. The highest BCUT2D eigenvalue weighted by Gasteiger charge is 2.15. The second-order valence-corrected chi connectivity index (χ2v) is 6.91. The molecule has 4 aromatic rings. The maximum atomic E-state index is 12.5. The molecule has 2 amide bonds. The number of carbonyl (C=O) groups excluding carboxylic acids is 2. The molecule has 3 aromatic heterocycles. The number of aryl methyl sites for hydroxylation is 3. The number of amides is 2. The minimum absolute atomic E-state index is 0.208. The summed E-state index contributed by atoms with van der Waals surface area (Å²) in [6, 6.07) is 7.61. The molecule has 0 spiro atoms. The van der Waals surface area contributed by atoms with Crippen LogP contribution < -0.4 is 10.9 Å². The number of aromatic nitrogens is 5. The fourth-order valence-electron chi connectivity index (χ4n) is 3.53. The van der Waals surface area contributed by atoms with Crippen LogP contribution in [-0.4, -0.2) is 36.0 Å². The maximum absolute atomic E-state index is 12.5. The Morgan fingerprint density at radius 2 is 1.93 bits per heavy atom. The van der Waals surface area contributed by atoms with Gasteiger partial charge in [-0.2, -0.15) is 10.1 Å². The van der Waals surface area contributed by atoms with Crippen LogP contribution in [-0.2, 0) is 18.3 Å². The maximum Gasteiger partial charge on any atom is 0.271 e. The van der Waals surface area contributed by atoms with Gasteiger partial charge in [0.15, 0.2) is 0 Å². The molecule has 0 radical (unpaired) electrons. The van der Waals surface area contributed by atoms with Gasteiger partial charge in [0, 0.05) is 42.0 Å². The first-order chi connectivity index (χ1) is 14.0. The number of hydrogen-bond acceptors (Lipinski definition) is 5. The lowest BCUT2D eigenvalue weighted by Crippen LogP contribution is -2.41. The smallest absolute Gasteiger partial charge is 0.271 e. The zero-order valence-corrected chi connectivity index (χ0v) is 16.4. The van der Waals surface area contributed by atoms with E-state index in [4.69, 9.17) is 0 Å². The summed E-state index contributed by atoms with van der Waals surface area (Å²) in [4.78, 5) is 33.3. The van der Waals surface area contributed by atoms with Crippen LogP contribution in [0.3, 0.4) is 0 Å². The lowest BCUT2D eigenvalue weighted by atomic mass is 10.1. The number of fused-ring (bicyclic) bond motifs is 2. The average molecular weight is 391 g/mol. The van der Waals surface area contributed by atoms with Gasteiger partial charge in [-0.25, -0.2) is 9.50 Å². The van der Waals surface area contributed by atoms with Gasteiger partial charge in [0.2, 0.25) is 5.91 Å². The first-order valence-electron chi connectivity index (χ1n) is 9.24. The topological polar surface area (TPSA) is 106 Å². The number of para-hydroxylation sites is 1. The zero-order valence-electron chi connectivity index (χ0n) is 16.4. The Bertz CT molecular complexity index is 1240. The standard InChI is InChI=1S/C20H21N7O2/c1-12-14(13(2)27-20(23-12)21-11-22-27)8-9-18(28)24-25-19(29)16-10-26(3)17-7-5-4-6-15(16)17/h4-7,10-11H,8-9H2,1-3H3,(H,24,28)(H,25,29). The van der Waals surface area contributed by atoms with E-state index >= 15 is 0 Å². The first kappa shape index (κ1) is 18.6. The van der Waals surface area contributed by atoms with Gasteiger partial charge in [-0.15, -0.1) is 0 Å². The molecular formula is C20H21N7O2. The molecule has 1 aromatic carbocycles. The van der Waals surface area contributed by atoms with Crippen molar-refractivity contribution in [3.63, 3.8) is 0 Å². The molecule has 0 unspecified atom stereocenters. The van der Waals surface area contributed by atoms with Gasteiger partial charge in [-0.1, -0.05) is 18.2 Å². The second kappa shape index (κ2) is 7.34. The first-order valence-corrected chi connectivity index (χ1v) is 9.24. The van der Waals surface area contributed by atoms with Crippen molar-refractivity contribution in [2.75, 3.05) is 0 Å². The molecule has 0 aliphatic rings. The van der Waals surface area contributed by atoms with E-state index in [0.29, 0.717) is 17.8 Å². The highest BCUT2D eigenvalue weighted by molar-refractivity contribution is 6.07. The third-order valence-electron chi connectivity index (χ3n) is 5.05. The van der Waals surface area contributed by atoms with Crippen LogP contribution in [0.15, 0.2) is 36.8 Å². The minimum atomic E-state index is -0.354. The molecule has 9 heteroatoms. The molecule has 0 atom stereocenters. The molecule has 148 valence electrons. The van der Waals surface area contributed by atoms with Gasteiger partial charge in [0.05, 0.1) is 5.56 Å². The highest BCUT2D eigenvalue weighted by Crippen LogP contribution is 2.20. The molecule has 0 fully saturated rings. The van der Waals surface area contributed by atoms with E-state index in [1.165, 1.54) is 6.33 Å². The average Bonchev–Trinajstić information content (AvgIpc) is 3.31. The van der Waals surface area contributed by atoms with Gasteiger partial charge in [-0.3, -0.25) is 20.4 Å². The summed E-state index contributed by atoms with van der Waals surface area (Å²) < 4.78 is 3.54. The predicted molar refractivity (Wildman–Crippen MR) is 107 cm³/mol. The van der Waals surface area contributed by atoms with Crippen LogP contribution in [0.5, 0.6) is 0 Å². The number of hydrogen-bond donors (Lipinski definition) is 2. The third-order valence-corrected chi connectivity index (χ3v) is 5.05. The Hall–Kier alpha value is -3.75. The third kappa shape index (κ3) is 3.42. The fraction of sp³-hybridized carbons (Fsp3) is 0.250. The van der Waals surface area contributed by atoms with E-state index in [9.17, 15) is 9.59 Å². The fourth-order valence-corrected chi connectivity index (χ4v) is 3.53. The van der Waals surface area contributed by atoms with Crippen molar-refractivity contribution in [3.8, 4) is 0 Å². The van der Waals surface area contributed by atoms with Gasteiger partial charge in [0.25, 0.3) is 11.7 Å². The van der Waals surface area contributed by atoms with Crippen molar-refractivity contribution in [1.82, 2.24) is 35.0 Å². The van der Waals surface area contributed by atoms with Crippen LogP contribution in [0.4, 0.5) is 0 Å². The van der Waals surface area contributed by atoms with Crippen molar-refractivity contribution in [3.05, 3.63) is 59.3 Å². The number of benzene rings is 1. The number of rotatable bonds is 4. The molecule has 4 rings (SSSR count). The van der Waals surface area contributed by atoms with E-state index in [0.717, 1.165) is 27.9 Å². The number of nitrogens with zero attached hydrogens (tertiary/aromatic N) is 5. The predicted octanol–water partition coefficient (Wildman–Crippen LogP) is 1.63. The molecule has 0 aliphatic heterocycles. The summed E-state index contributed by atoms with van der Waals surface area (Å²) in [7, 11) is 1.88. The lowest BCUT2D eigenvalue weighted by molar-refractivity contribution is -0.121. The summed E-state index contributed by atoms with van der Waals surface area (Å²) >= 11 is 0. The van der Waals surface area contributed by atoms with Crippen molar-refractivity contribution in [2.45, 2.75) is 26.7 Å². The summed E-state index contributed by atoms with van der Waals surface area (Å²) in [6.45, 7) is 3.81. The Labute approximate surface area is 166 Å². The largest absolute Gasteiger partial charge is 0.350 e. The van der Waals surface area contributed by atoms with Gasteiger partial charge >= 0.3 is 0 Å². The minimum Gasteiger partial charge on any atom is -0.350 e. The van der Waals surface area contributed by atoms with Crippen LogP contribution in [0.1, 0.15) is 33.7 Å². The van der Waals surface area contributed by atoms with E-state index in [-0.39, 0.29) is 18.2 Å². The number of hydrazine groups is 1. The monoisotopic (exact) mass is 391 g/mol. The Morgan fingerprint density at radius 3 is 2.76 bits per heavy atom. The zero-order chi connectivity index (χ0) is 20.5. The molecule has 29 heavy (non-hydrogen) atoms. The van der Waals surface area contributed by atoms with Crippen LogP contribution in [0, 0.1) is 13.8 Å². The van der Waals surface area contributed by atoms with E-state index in [1.807, 2.05) is 49.7 Å². The molecular weight excluding hydrogens is 370 g/mol. The number of nitrogens with one attached hydrogen (secondary N) is 2. The quantitative estimate of drug-likeness (QED) is 0.514. The number of carbonyl (C=O) groups is 2.